The normalized spacial score (nSPS) is 11.6. The molecule has 138 valence electrons. The number of carbonyl (C=O) groups excluding carboxylic acids is 2. The van der Waals surface area contributed by atoms with E-state index in [1.54, 1.807) is 6.07 Å². The minimum atomic E-state index is -0.732. The van der Waals surface area contributed by atoms with Crippen molar-refractivity contribution < 1.29 is 14.3 Å². The Morgan fingerprint density at radius 2 is 1.81 bits per heavy atom. The van der Waals surface area contributed by atoms with E-state index >= 15 is 0 Å². The summed E-state index contributed by atoms with van der Waals surface area (Å²) in [5.41, 5.74) is 2.18. The highest BCUT2D eigenvalue weighted by atomic mass is 16.5. The Morgan fingerprint density at radius 1 is 1.07 bits per heavy atom. The van der Waals surface area contributed by atoms with Gasteiger partial charge in [0.15, 0.2) is 0 Å². The SMILES string of the molecule is CCOc1ccc([C@@H](C)NC(=O)C(=O)Nc2cnc3ccccc3c2)cc1. The lowest BCUT2D eigenvalue weighted by Gasteiger charge is -2.15. The Hall–Kier alpha value is -3.41. The maximum Gasteiger partial charge on any atom is 0.313 e. The van der Waals surface area contributed by atoms with Crippen LogP contribution < -0.4 is 15.4 Å². The molecule has 0 saturated carbocycles. The van der Waals surface area contributed by atoms with Crippen molar-refractivity contribution in [3.63, 3.8) is 0 Å². The van der Waals surface area contributed by atoms with Crippen LogP contribution in [0, 0.1) is 0 Å². The molecule has 0 spiro atoms. The fourth-order valence-corrected chi connectivity index (χ4v) is 2.69. The Kier molecular flexibility index (Phi) is 5.66. The molecule has 0 unspecified atom stereocenters. The van der Waals surface area contributed by atoms with Crippen LogP contribution in [0.25, 0.3) is 10.9 Å². The smallest absolute Gasteiger partial charge is 0.313 e. The third kappa shape index (κ3) is 4.61. The van der Waals surface area contributed by atoms with Gasteiger partial charge in [0, 0.05) is 5.39 Å². The van der Waals surface area contributed by atoms with Crippen LogP contribution in [0.4, 0.5) is 5.69 Å². The Morgan fingerprint density at radius 3 is 2.56 bits per heavy atom. The molecule has 0 aliphatic heterocycles. The van der Waals surface area contributed by atoms with Crippen molar-refractivity contribution in [1.82, 2.24) is 10.3 Å². The van der Waals surface area contributed by atoms with Crippen molar-refractivity contribution in [3.05, 3.63) is 66.4 Å². The molecule has 2 N–H and O–H groups in total. The van der Waals surface area contributed by atoms with Crippen LogP contribution in [0.3, 0.4) is 0 Å². The van der Waals surface area contributed by atoms with Gasteiger partial charge in [-0.05, 0) is 43.7 Å². The molecule has 0 aliphatic rings. The highest BCUT2D eigenvalue weighted by molar-refractivity contribution is 6.39. The second-order valence-corrected chi connectivity index (χ2v) is 6.07. The van der Waals surface area contributed by atoms with E-state index in [1.807, 2.05) is 62.4 Å². The van der Waals surface area contributed by atoms with Gasteiger partial charge in [0.1, 0.15) is 5.75 Å². The maximum absolute atomic E-state index is 12.2. The minimum Gasteiger partial charge on any atom is -0.494 e. The highest BCUT2D eigenvalue weighted by Crippen LogP contribution is 2.18. The average molecular weight is 363 g/mol. The van der Waals surface area contributed by atoms with E-state index in [-0.39, 0.29) is 6.04 Å². The molecule has 27 heavy (non-hydrogen) atoms. The molecule has 2 aromatic carbocycles. The van der Waals surface area contributed by atoms with Crippen molar-refractivity contribution in [1.29, 1.82) is 0 Å². The van der Waals surface area contributed by atoms with Crippen molar-refractivity contribution in [2.75, 3.05) is 11.9 Å². The number of benzene rings is 2. The van der Waals surface area contributed by atoms with Gasteiger partial charge in [-0.3, -0.25) is 14.6 Å². The summed E-state index contributed by atoms with van der Waals surface area (Å²) >= 11 is 0. The summed E-state index contributed by atoms with van der Waals surface area (Å²) in [7, 11) is 0. The minimum absolute atomic E-state index is 0.311. The van der Waals surface area contributed by atoms with Gasteiger partial charge in [-0.15, -0.1) is 0 Å². The average Bonchev–Trinajstić information content (AvgIpc) is 2.68. The predicted molar refractivity (Wildman–Crippen MR) is 105 cm³/mol. The van der Waals surface area contributed by atoms with Crippen molar-refractivity contribution in [2.45, 2.75) is 19.9 Å². The molecule has 3 aromatic rings. The Balaban J connectivity index is 1.61. The van der Waals surface area contributed by atoms with Crippen molar-refractivity contribution in [3.8, 4) is 5.75 Å². The Labute approximate surface area is 157 Å². The largest absolute Gasteiger partial charge is 0.494 e. The van der Waals surface area contributed by atoms with Crippen LogP contribution in [-0.4, -0.2) is 23.4 Å². The summed E-state index contributed by atoms with van der Waals surface area (Å²) < 4.78 is 5.40. The molecular formula is C21H21N3O3. The van der Waals surface area contributed by atoms with E-state index in [0.717, 1.165) is 22.2 Å². The number of amides is 2. The highest BCUT2D eigenvalue weighted by Gasteiger charge is 2.17. The number of hydrogen-bond acceptors (Lipinski definition) is 4. The molecule has 6 nitrogen and oxygen atoms in total. The number of fused-ring (bicyclic) bond motifs is 1. The maximum atomic E-state index is 12.2. The molecular weight excluding hydrogens is 342 g/mol. The van der Waals surface area contributed by atoms with Crippen LogP contribution >= 0.6 is 0 Å². The molecule has 2 amide bonds. The van der Waals surface area contributed by atoms with Crippen LogP contribution in [-0.2, 0) is 9.59 Å². The van der Waals surface area contributed by atoms with Gasteiger partial charge in [-0.2, -0.15) is 0 Å². The number of carbonyl (C=O) groups is 2. The second kappa shape index (κ2) is 8.31. The number of aromatic nitrogens is 1. The number of ether oxygens (including phenoxy) is 1. The van der Waals surface area contributed by atoms with E-state index in [4.69, 9.17) is 4.74 Å². The molecule has 0 saturated heterocycles. The van der Waals surface area contributed by atoms with Gasteiger partial charge in [0.2, 0.25) is 0 Å². The summed E-state index contributed by atoms with van der Waals surface area (Å²) in [6.07, 6.45) is 1.53. The van der Waals surface area contributed by atoms with E-state index in [1.165, 1.54) is 6.20 Å². The van der Waals surface area contributed by atoms with Crippen LogP contribution in [0.15, 0.2) is 60.8 Å². The Bertz CT molecular complexity index is 954. The summed E-state index contributed by atoms with van der Waals surface area (Å²) in [6, 6.07) is 16.4. The summed E-state index contributed by atoms with van der Waals surface area (Å²) in [5, 5.41) is 6.16. The van der Waals surface area contributed by atoms with Crippen LogP contribution in [0.2, 0.25) is 0 Å². The van der Waals surface area contributed by atoms with Crippen LogP contribution in [0.5, 0.6) is 5.75 Å². The standard InChI is InChI=1S/C21H21N3O3/c1-3-27-18-10-8-15(9-11-18)14(2)23-20(25)21(26)24-17-12-16-6-4-5-7-19(16)22-13-17/h4-14H,3H2,1-2H3,(H,23,25)(H,24,26)/t14-/m1/s1. The van der Waals surface area contributed by atoms with Gasteiger partial charge < -0.3 is 15.4 Å². The van der Waals surface area contributed by atoms with Gasteiger partial charge in [0.05, 0.1) is 30.0 Å². The van der Waals surface area contributed by atoms with E-state index in [9.17, 15) is 9.59 Å². The van der Waals surface area contributed by atoms with Gasteiger partial charge in [0.25, 0.3) is 0 Å². The second-order valence-electron chi connectivity index (χ2n) is 6.07. The monoisotopic (exact) mass is 363 g/mol. The first-order chi connectivity index (χ1) is 13.1. The third-order valence-corrected chi connectivity index (χ3v) is 4.09. The number of rotatable bonds is 5. The lowest BCUT2D eigenvalue weighted by Crippen LogP contribution is -2.36. The lowest BCUT2D eigenvalue weighted by atomic mass is 10.1. The van der Waals surface area contributed by atoms with E-state index in [0.29, 0.717) is 12.3 Å². The third-order valence-electron chi connectivity index (χ3n) is 4.09. The van der Waals surface area contributed by atoms with Crippen molar-refractivity contribution in [2.24, 2.45) is 0 Å². The number of nitrogens with zero attached hydrogens (tertiary/aromatic N) is 1. The van der Waals surface area contributed by atoms with E-state index in [2.05, 4.69) is 15.6 Å². The zero-order valence-electron chi connectivity index (χ0n) is 15.2. The predicted octanol–water partition coefficient (Wildman–Crippen LogP) is 3.45. The number of hydrogen-bond donors (Lipinski definition) is 2. The van der Waals surface area contributed by atoms with Crippen LogP contribution in [0.1, 0.15) is 25.5 Å². The molecule has 1 atom stereocenters. The quantitative estimate of drug-likeness (QED) is 0.681. The summed E-state index contributed by atoms with van der Waals surface area (Å²) in [4.78, 5) is 28.6. The van der Waals surface area contributed by atoms with E-state index < -0.39 is 11.8 Å². The number of para-hydroxylation sites is 1. The summed E-state index contributed by atoms with van der Waals surface area (Å²) in [6.45, 7) is 4.33. The first kappa shape index (κ1) is 18.4. The van der Waals surface area contributed by atoms with Crippen molar-refractivity contribution >= 4 is 28.4 Å². The first-order valence-corrected chi connectivity index (χ1v) is 8.76. The molecule has 6 heteroatoms. The molecule has 0 radical (unpaired) electrons. The topological polar surface area (TPSA) is 80.3 Å². The molecule has 0 bridgehead atoms. The first-order valence-electron chi connectivity index (χ1n) is 8.76. The fraction of sp³-hybridized carbons (Fsp3) is 0.190. The summed E-state index contributed by atoms with van der Waals surface area (Å²) in [5.74, 6) is -0.671. The molecule has 3 rings (SSSR count). The zero-order chi connectivity index (χ0) is 19.2. The lowest BCUT2D eigenvalue weighted by molar-refractivity contribution is -0.136. The fourth-order valence-electron chi connectivity index (χ4n) is 2.69. The van der Waals surface area contributed by atoms with Gasteiger partial charge >= 0.3 is 11.8 Å². The van der Waals surface area contributed by atoms with Gasteiger partial charge in [-0.25, -0.2) is 0 Å². The molecule has 0 fully saturated rings. The number of anilines is 1. The number of nitrogens with one attached hydrogen (secondary N) is 2. The molecule has 1 aromatic heterocycles. The van der Waals surface area contributed by atoms with Gasteiger partial charge in [-0.1, -0.05) is 30.3 Å². The number of pyridine rings is 1. The molecule has 1 heterocycles. The zero-order valence-corrected chi connectivity index (χ0v) is 15.2. The molecule has 0 aliphatic carbocycles.